The minimum absolute atomic E-state index is 0.549. The van der Waals surface area contributed by atoms with E-state index in [4.69, 9.17) is 11.6 Å². The van der Waals surface area contributed by atoms with Crippen molar-refractivity contribution in [2.45, 2.75) is 18.9 Å². The first-order chi connectivity index (χ1) is 6.24. The summed E-state index contributed by atoms with van der Waals surface area (Å²) >= 11 is 7.51. The van der Waals surface area contributed by atoms with Crippen LogP contribution in [-0.2, 0) is 0 Å². The predicted molar refractivity (Wildman–Crippen MR) is 59.6 cm³/mol. The van der Waals surface area contributed by atoms with Crippen molar-refractivity contribution >= 4 is 23.4 Å². The molecular formula is C10H14ClNS. The van der Waals surface area contributed by atoms with E-state index in [1.165, 1.54) is 5.56 Å². The van der Waals surface area contributed by atoms with Crippen molar-refractivity contribution in [3.63, 3.8) is 0 Å². The molecule has 0 aliphatic heterocycles. The van der Waals surface area contributed by atoms with Gasteiger partial charge in [-0.2, -0.15) is 0 Å². The van der Waals surface area contributed by atoms with Crippen molar-refractivity contribution in [3.8, 4) is 0 Å². The number of pyridine rings is 1. The molecule has 0 aromatic carbocycles. The average Bonchev–Trinajstić information content (AvgIpc) is 2.16. The summed E-state index contributed by atoms with van der Waals surface area (Å²) in [6.45, 7) is 4.24. The Morgan fingerprint density at radius 1 is 1.62 bits per heavy atom. The number of aryl methyl sites for hydroxylation is 1. The van der Waals surface area contributed by atoms with Crippen LogP contribution in [0, 0.1) is 12.8 Å². The zero-order valence-corrected chi connectivity index (χ0v) is 9.53. The van der Waals surface area contributed by atoms with Crippen molar-refractivity contribution in [3.05, 3.63) is 23.9 Å². The highest BCUT2D eigenvalue weighted by Gasteiger charge is 2.03. The van der Waals surface area contributed by atoms with E-state index in [-0.39, 0.29) is 0 Å². The fraction of sp³-hybridized carbons (Fsp3) is 0.500. The number of rotatable bonds is 4. The van der Waals surface area contributed by atoms with Gasteiger partial charge in [-0.15, -0.1) is 23.4 Å². The van der Waals surface area contributed by atoms with Crippen molar-refractivity contribution in [2.24, 2.45) is 5.92 Å². The third-order valence-electron chi connectivity index (χ3n) is 1.73. The molecule has 0 fully saturated rings. The number of nitrogens with zero attached hydrogens (tertiary/aromatic N) is 1. The lowest BCUT2D eigenvalue weighted by molar-refractivity contribution is 0.758. The first kappa shape index (κ1) is 10.9. The van der Waals surface area contributed by atoms with Gasteiger partial charge in [0.25, 0.3) is 0 Å². The van der Waals surface area contributed by atoms with Crippen LogP contribution in [-0.4, -0.2) is 16.6 Å². The van der Waals surface area contributed by atoms with Crippen molar-refractivity contribution in [1.29, 1.82) is 0 Å². The highest BCUT2D eigenvalue weighted by molar-refractivity contribution is 7.99. The molecule has 3 heteroatoms. The fourth-order valence-electron chi connectivity index (χ4n) is 0.888. The van der Waals surface area contributed by atoms with Crippen LogP contribution in [0.2, 0.25) is 0 Å². The van der Waals surface area contributed by atoms with E-state index >= 15 is 0 Å². The van der Waals surface area contributed by atoms with Gasteiger partial charge in [-0.05, 0) is 24.5 Å². The van der Waals surface area contributed by atoms with Crippen molar-refractivity contribution < 1.29 is 0 Å². The van der Waals surface area contributed by atoms with Gasteiger partial charge in [0.05, 0.1) is 5.03 Å². The molecular weight excluding hydrogens is 202 g/mol. The molecule has 72 valence electrons. The maximum absolute atomic E-state index is 5.72. The number of alkyl halides is 1. The fourth-order valence-corrected chi connectivity index (χ4v) is 2.12. The van der Waals surface area contributed by atoms with Crippen molar-refractivity contribution in [1.82, 2.24) is 4.98 Å². The van der Waals surface area contributed by atoms with Gasteiger partial charge in [0.15, 0.2) is 0 Å². The Labute approximate surface area is 88.9 Å². The molecule has 0 amide bonds. The normalized spacial score (nSPS) is 12.8. The van der Waals surface area contributed by atoms with Crippen LogP contribution in [0.4, 0.5) is 0 Å². The molecule has 1 aromatic heterocycles. The quantitative estimate of drug-likeness (QED) is 0.565. The van der Waals surface area contributed by atoms with Crippen LogP contribution >= 0.6 is 23.4 Å². The second-order valence-electron chi connectivity index (χ2n) is 3.20. The molecule has 1 nitrogen and oxygen atoms in total. The third kappa shape index (κ3) is 3.57. The minimum atomic E-state index is 0.549. The molecule has 1 heterocycles. The van der Waals surface area contributed by atoms with Gasteiger partial charge in [0.1, 0.15) is 0 Å². The smallest absolute Gasteiger partial charge is 0.0989 e. The summed E-state index contributed by atoms with van der Waals surface area (Å²) in [5, 5.41) is 1.12. The van der Waals surface area contributed by atoms with E-state index in [2.05, 4.69) is 24.9 Å². The summed E-state index contributed by atoms with van der Waals surface area (Å²) in [6.07, 6.45) is 1.83. The van der Waals surface area contributed by atoms with Gasteiger partial charge in [0, 0.05) is 17.8 Å². The molecule has 1 rings (SSSR count). The maximum Gasteiger partial charge on any atom is 0.0989 e. The summed E-state index contributed by atoms with van der Waals surface area (Å²) in [7, 11) is 0. The molecule has 0 N–H and O–H groups in total. The van der Waals surface area contributed by atoms with Gasteiger partial charge < -0.3 is 0 Å². The van der Waals surface area contributed by atoms with Crippen molar-refractivity contribution in [2.75, 3.05) is 11.6 Å². The Balaban J connectivity index is 2.50. The molecule has 0 saturated heterocycles. The van der Waals surface area contributed by atoms with Crippen LogP contribution in [0.25, 0.3) is 0 Å². The van der Waals surface area contributed by atoms with Crippen LogP contribution in [0.5, 0.6) is 0 Å². The average molecular weight is 216 g/mol. The lowest BCUT2D eigenvalue weighted by Gasteiger charge is -2.07. The van der Waals surface area contributed by atoms with E-state index in [0.29, 0.717) is 5.92 Å². The van der Waals surface area contributed by atoms with E-state index in [1.807, 2.05) is 12.3 Å². The Bertz CT molecular complexity index is 265. The zero-order valence-electron chi connectivity index (χ0n) is 7.96. The molecule has 1 atom stereocenters. The van der Waals surface area contributed by atoms with E-state index < -0.39 is 0 Å². The predicted octanol–water partition coefficient (Wildman–Crippen LogP) is 3.36. The summed E-state index contributed by atoms with van der Waals surface area (Å²) in [4.78, 5) is 4.30. The van der Waals surface area contributed by atoms with Gasteiger partial charge in [0.2, 0.25) is 0 Å². The van der Waals surface area contributed by atoms with Gasteiger partial charge in [-0.1, -0.05) is 13.0 Å². The molecule has 0 bridgehead atoms. The monoisotopic (exact) mass is 215 g/mol. The number of halogens is 1. The lowest BCUT2D eigenvalue weighted by atomic mass is 10.3. The van der Waals surface area contributed by atoms with Crippen LogP contribution in [0.15, 0.2) is 23.4 Å². The minimum Gasteiger partial charge on any atom is -0.250 e. The van der Waals surface area contributed by atoms with E-state index in [1.54, 1.807) is 11.8 Å². The number of hydrogen-bond acceptors (Lipinski definition) is 2. The highest BCUT2D eigenvalue weighted by Crippen LogP contribution is 2.21. The molecule has 0 aliphatic carbocycles. The number of thioether (sulfide) groups is 1. The van der Waals surface area contributed by atoms with Crippen LogP contribution < -0.4 is 0 Å². The first-order valence-electron chi connectivity index (χ1n) is 4.34. The molecule has 1 aromatic rings. The second-order valence-corrected chi connectivity index (χ2v) is 4.51. The number of aromatic nitrogens is 1. The van der Waals surface area contributed by atoms with Crippen LogP contribution in [0.3, 0.4) is 0 Å². The Morgan fingerprint density at radius 2 is 2.38 bits per heavy atom. The third-order valence-corrected chi connectivity index (χ3v) is 3.69. The topological polar surface area (TPSA) is 12.9 Å². The van der Waals surface area contributed by atoms with Gasteiger partial charge >= 0.3 is 0 Å². The van der Waals surface area contributed by atoms with Gasteiger partial charge in [-0.25, -0.2) is 4.98 Å². The molecule has 0 radical (unpaired) electrons. The molecule has 0 spiro atoms. The van der Waals surface area contributed by atoms with Crippen LogP contribution in [0.1, 0.15) is 12.5 Å². The highest BCUT2D eigenvalue weighted by atomic mass is 35.5. The van der Waals surface area contributed by atoms with E-state index in [9.17, 15) is 0 Å². The molecule has 0 aliphatic rings. The second kappa shape index (κ2) is 5.51. The standard InChI is InChI=1S/C10H14ClNS/c1-8(6-11)7-13-10-9(2)4-3-5-12-10/h3-5,8H,6-7H2,1-2H3. The lowest BCUT2D eigenvalue weighted by Crippen LogP contribution is -1.99. The first-order valence-corrected chi connectivity index (χ1v) is 5.86. The molecule has 13 heavy (non-hydrogen) atoms. The SMILES string of the molecule is Cc1cccnc1SCC(C)CCl. The number of hydrogen-bond donors (Lipinski definition) is 0. The largest absolute Gasteiger partial charge is 0.250 e. The maximum atomic E-state index is 5.72. The van der Waals surface area contributed by atoms with E-state index in [0.717, 1.165) is 16.7 Å². The summed E-state index contributed by atoms with van der Waals surface area (Å²) < 4.78 is 0. The summed E-state index contributed by atoms with van der Waals surface area (Å²) in [5.74, 6) is 2.31. The van der Waals surface area contributed by atoms with Gasteiger partial charge in [-0.3, -0.25) is 0 Å². The molecule has 1 unspecified atom stereocenters. The molecule has 0 saturated carbocycles. The summed E-state index contributed by atoms with van der Waals surface area (Å²) in [5.41, 5.74) is 1.24. The summed E-state index contributed by atoms with van der Waals surface area (Å²) in [6, 6.07) is 4.05. The Kier molecular flexibility index (Phi) is 4.60. The Hall–Kier alpha value is -0.210. The Morgan fingerprint density at radius 3 is 3.00 bits per heavy atom. The zero-order chi connectivity index (χ0) is 9.68.